The van der Waals surface area contributed by atoms with Crippen LogP contribution in [-0.2, 0) is 28.0 Å². The van der Waals surface area contributed by atoms with E-state index in [1.165, 1.54) is 55.1 Å². The molecule has 4 aromatic rings. The summed E-state index contributed by atoms with van der Waals surface area (Å²) < 4.78 is 43.1. The van der Waals surface area contributed by atoms with Gasteiger partial charge in [-0.15, -0.1) is 0 Å². The van der Waals surface area contributed by atoms with E-state index in [2.05, 4.69) is 5.32 Å². The molecule has 0 aliphatic heterocycles. The average molecular weight is 620 g/mol. The van der Waals surface area contributed by atoms with Gasteiger partial charge in [-0.2, -0.15) is 0 Å². The number of sulfonamides is 1. The van der Waals surface area contributed by atoms with Gasteiger partial charge in [0, 0.05) is 26.4 Å². The molecular formula is C29H25Cl2FN2O4S2. The molecule has 0 heterocycles. The minimum absolute atomic E-state index is 0.0838. The van der Waals surface area contributed by atoms with E-state index in [0.29, 0.717) is 5.02 Å². The van der Waals surface area contributed by atoms with E-state index in [1.807, 2.05) is 48.5 Å². The molecule has 0 saturated carbocycles. The maximum atomic E-state index is 15.0. The second-order valence-electron chi connectivity index (χ2n) is 8.72. The smallest absolute Gasteiger partial charge is 0.265 e. The summed E-state index contributed by atoms with van der Waals surface area (Å²) in [6.45, 7) is 1.35. The molecule has 0 spiro atoms. The first kappa shape index (κ1) is 29.9. The van der Waals surface area contributed by atoms with Gasteiger partial charge < -0.3 is 10.4 Å². The highest BCUT2D eigenvalue weighted by Gasteiger charge is 2.35. The molecule has 208 valence electrons. The fraction of sp³-hybridized carbons (Fsp3) is 0.138. The number of nitrogens with zero attached hydrogens (tertiary/aromatic N) is 1. The number of nitrogens with one attached hydrogen (secondary N) is 1. The summed E-state index contributed by atoms with van der Waals surface area (Å²) in [6.07, 6.45) is 0. The quantitative estimate of drug-likeness (QED) is 0.207. The first-order valence-corrected chi connectivity index (χ1v) is 15.1. The molecule has 0 aliphatic carbocycles. The molecule has 0 aromatic heterocycles. The Morgan fingerprint density at radius 2 is 1.50 bits per heavy atom. The SMILES string of the molecule is CC(C(=O)NCc1ccccc1Sc1ccccc1CO)N(c1cc(Cl)ccc1F)S(=O)(=O)c1ccc(Cl)cc1. The number of amides is 1. The van der Waals surface area contributed by atoms with E-state index < -0.39 is 27.8 Å². The van der Waals surface area contributed by atoms with E-state index in [1.54, 1.807) is 0 Å². The van der Waals surface area contributed by atoms with Gasteiger partial charge >= 0.3 is 0 Å². The highest BCUT2D eigenvalue weighted by atomic mass is 35.5. The molecule has 0 aliphatic rings. The average Bonchev–Trinajstić information content (AvgIpc) is 2.94. The van der Waals surface area contributed by atoms with Crippen molar-refractivity contribution >= 4 is 56.6 Å². The van der Waals surface area contributed by atoms with Crippen LogP contribution in [0.1, 0.15) is 18.1 Å². The number of carbonyl (C=O) groups is 1. The van der Waals surface area contributed by atoms with Gasteiger partial charge in [-0.3, -0.25) is 9.10 Å². The predicted molar refractivity (Wildman–Crippen MR) is 157 cm³/mol. The summed E-state index contributed by atoms with van der Waals surface area (Å²) in [4.78, 5) is 14.9. The monoisotopic (exact) mass is 618 g/mol. The van der Waals surface area contributed by atoms with Crippen molar-refractivity contribution < 1.29 is 22.7 Å². The van der Waals surface area contributed by atoms with Crippen LogP contribution in [0.2, 0.25) is 10.0 Å². The van der Waals surface area contributed by atoms with Crippen molar-refractivity contribution in [2.45, 2.75) is 40.8 Å². The van der Waals surface area contributed by atoms with Gasteiger partial charge in [-0.05, 0) is 72.6 Å². The Hall–Kier alpha value is -3.08. The highest BCUT2D eigenvalue weighted by Crippen LogP contribution is 2.34. The lowest BCUT2D eigenvalue weighted by Crippen LogP contribution is -2.48. The number of carbonyl (C=O) groups excluding carboxylic acids is 1. The van der Waals surface area contributed by atoms with Gasteiger partial charge in [0.25, 0.3) is 10.0 Å². The molecule has 1 amide bonds. The zero-order valence-electron chi connectivity index (χ0n) is 21.2. The van der Waals surface area contributed by atoms with E-state index in [9.17, 15) is 22.7 Å². The van der Waals surface area contributed by atoms with E-state index >= 15 is 0 Å². The third-order valence-electron chi connectivity index (χ3n) is 6.04. The van der Waals surface area contributed by atoms with Gasteiger partial charge in [0.05, 0.1) is 17.2 Å². The lowest BCUT2D eigenvalue weighted by Gasteiger charge is -2.30. The fourth-order valence-corrected chi connectivity index (χ4v) is 6.94. The number of hydrogen-bond acceptors (Lipinski definition) is 5. The Morgan fingerprint density at radius 3 is 2.15 bits per heavy atom. The van der Waals surface area contributed by atoms with Crippen molar-refractivity contribution in [1.29, 1.82) is 0 Å². The molecule has 11 heteroatoms. The molecule has 0 bridgehead atoms. The highest BCUT2D eigenvalue weighted by molar-refractivity contribution is 7.99. The molecule has 2 N–H and O–H groups in total. The minimum atomic E-state index is -4.41. The number of anilines is 1. The van der Waals surface area contributed by atoms with Gasteiger partial charge in [-0.1, -0.05) is 71.4 Å². The lowest BCUT2D eigenvalue weighted by atomic mass is 10.2. The van der Waals surface area contributed by atoms with E-state index in [-0.39, 0.29) is 28.8 Å². The summed E-state index contributed by atoms with van der Waals surface area (Å²) in [5, 5.41) is 12.9. The Bertz CT molecular complexity index is 1620. The standard InChI is InChI=1S/C29H25Cl2FN2O4S2/c1-19(29(36)33-17-20-6-2-4-8-27(20)39-28-9-5-3-7-21(28)18-35)34(26-16-23(31)12-15-25(26)32)40(37,38)24-13-10-22(30)11-14-24/h2-16,19,35H,17-18H2,1H3,(H,33,36). The van der Waals surface area contributed by atoms with Crippen LogP contribution in [-0.4, -0.2) is 25.5 Å². The van der Waals surface area contributed by atoms with Crippen LogP contribution < -0.4 is 9.62 Å². The molecular weight excluding hydrogens is 594 g/mol. The van der Waals surface area contributed by atoms with Gasteiger partial charge in [0.2, 0.25) is 5.91 Å². The molecule has 1 unspecified atom stereocenters. The Balaban J connectivity index is 1.62. The predicted octanol–water partition coefficient (Wildman–Crippen LogP) is 6.68. The molecule has 0 saturated heterocycles. The topological polar surface area (TPSA) is 86.7 Å². The maximum Gasteiger partial charge on any atom is 0.265 e. The minimum Gasteiger partial charge on any atom is -0.392 e. The normalized spacial score (nSPS) is 12.1. The van der Waals surface area contributed by atoms with Crippen molar-refractivity contribution in [3.63, 3.8) is 0 Å². The zero-order valence-corrected chi connectivity index (χ0v) is 24.4. The maximum absolute atomic E-state index is 15.0. The second-order valence-corrected chi connectivity index (χ2v) is 12.5. The Morgan fingerprint density at radius 1 is 0.925 bits per heavy atom. The largest absolute Gasteiger partial charge is 0.392 e. The molecule has 0 radical (unpaired) electrons. The molecule has 6 nitrogen and oxygen atoms in total. The zero-order chi connectivity index (χ0) is 28.9. The van der Waals surface area contributed by atoms with Crippen molar-refractivity contribution in [3.8, 4) is 0 Å². The van der Waals surface area contributed by atoms with Crippen molar-refractivity contribution in [3.05, 3.63) is 118 Å². The Labute approximate surface area is 246 Å². The van der Waals surface area contributed by atoms with Gasteiger partial charge in [0.15, 0.2) is 0 Å². The van der Waals surface area contributed by atoms with Crippen LogP contribution in [0.5, 0.6) is 0 Å². The first-order valence-electron chi connectivity index (χ1n) is 12.1. The third kappa shape index (κ3) is 6.79. The molecule has 1 atom stereocenters. The van der Waals surface area contributed by atoms with Crippen LogP contribution in [0.4, 0.5) is 10.1 Å². The summed E-state index contributed by atoms with van der Waals surface area (Å²) >= 11 is 13.5. The number of benzene rings is 4. The first-order chi connectivity index (χ1) is 19.1. The van der Waals surface area contributed by atoms with Crippen LogP contribution >= 0.6 is 35.0 Å². The van der Waals surface area contributed by atoms with E-state index in [0.717, 1.165) is 31.3 Å². The van der Waals surface area contributed by atoms with Crippen LogP contribution in [0, 0.1) is 5.82 Å². The third-order valence-corrected chi connectivity index (χ3v) is 9.66. The number of aliphatic hydroxyl groups excluding tert-OH is 1. The number of hydrogen-bond donors (Lipinski definition) is 2. The summed E-state index contributed by atoms with van der Waals surface area (Å²) in [7, 11) is -4.41. The molecule has 0 fully saturated rings. The molecule has 40 heavy (non-hydrogen) atoms. The van der Waals surface area contributed by atoms with E-state index in [4.69, 9.17) is 23.2 Å². The summed E-state index contributed by atoms with van der Waals surface area (Å²) in [5.41, 5.74) is 1.19. The summed E-state index contributed by atoms with van der Waals surface area (Å²) in [5.74, 6) is -1.50. The summed E-state index contributed by atoms with van der Waals surface area (Å²) in [6, 6.07) is 22.4. The van der Waals surface area contributed by atoms with Crippen molar-refractivity contribution in [2.24, 2.45) is 0 Å². The van der Waals surface area contributed by atoms with Crippen LogP contribution in [0.25, 0.3) is 0 Å². The number of rotatable bonds is 10. The Kier molecular flexibility index (Phi) is 9.76. The number of halogens is 3. The van der Waals surface area contributed by atoms with Gasteiger partial charge in [-0.25, -0.2) is 12.8 Å². The number of aliphatic hydroxyl groups is 1. The lowest BCUT2D eigenvalue weighted by molar-refractivity contribution is -0.122. The van der Waals surface area contributed by atoms with Gasteiger partial charge in [0.1, 0.15) is 11.9 Å². The van der Waals surface area contributed by atoms with Crippen molar-refractivity contribution in [1.82, 2.24) is 5.32 Å². The molecule has 4 rings (SSSR count). The van der Waals surface area contributed by atoms with Crippen LogP contribution in [0.15, 0.2) is 106 Å². The fourth-order valence-electron chi connectivity index (χ4n) is 3.96. The van der Waals surface area contributed by atoms with Crippen molar-refractivity contribution in [2.75, 3.05) is 4.31 Å². The second kappa shape index (κ2) is 13.1. The molecule has 4 aromatic carbocycles. The van der Waals surface area contributed by atoms with Crippen LogP contribution in [0.3, 0.4) is 0 Å².